The maximum atomic E-state index is 12.4. The first kappa shape index (κ1) is 13.5. The van der Waals surface area contributed by atoms with E-state index >= 15 is 0 Å². The molecule has 0 unspecified atom stereocenters. The summed E-state index contributed by atoms with van der Waals surface area (Å²) < 4.78 is 0. The highest BCUT2D eigenvalue weighted by atomic mass is 16.6. The van der Waals surface area contributed by atoms with E-state index in [0.717, 1.165) is 13.1 Å². The van der Waals surface area contributed by atoms with Crippen LogP contribution in [-0.2, 0) is 0 Å². The van der Waals surface area contributed by atoms with E-state index in [-0.39, 0.29) is 11.6 Å². The molecule has 6 heteroatoms. The largest absolute Gasteiger partial charge is 0.334 e. The lowest BCUT2D eigenvalue weighted by molar-refractivity contribution is -0.883. The van der Waals surface area contributed by atoms with Gasteiger partial charge in [0.15, 0.2) is 0 Å². The summed E-state index contributed by atoms with van der Waals surface area (Å²) in [6.07, 6.45) is 0. The molecule has 0 atom stereocenters. The summed E-state index contributed by atoms with van der Waals surface area (Å²) >= 11 is 0. The molecule has 1 aliphatic rings. The van der Waals surface area contributed by atoms with Crippen molar-refractivity contribution in [2.75, 3.05) is 33.2 Å². The van der Waals surface area contributed by atoms with E-state index in [9.17, 15) is 14.9 Å². The number of nitrogens with one attached hydrogen (secondary N) is 1. The van der Waals surface area contributed by atoms with E-state index in [0.29, 0.717) is 24.2 Å². The average molecular weight is 264 g/mol. The lowest BCUT2D eigenvalue weighted by Gasteiger charge is -2.30. The van der Waals surface area contributed by atoms with E-state index in [2.05, 4.69) is 7.05 Å². The van der Waals surface area contributed by atoms with Crippen LogP contribution in [0.5, 0.6) is 0 Å². The number of nitro benzene ring substituents is 1. The molecule has 1 aliphatic heterocycles. The molecule has 19 heavy (non-hydrogen) atoms. The second kappa shape index (κ2) is 5.36. The molecule has 102 valence electrons. The van der Waals surface area contributed by atoms with Crippen molar-refractivity contribution in [3.63, 3.8) is 0 Å². The second-order valence-corrected chi connectivity index (χ2v) is 4.96. The van der Waals surface area contributed by atoms with Gasteiger partial charge in [0.25, 0.3) is 11.6 Å². The minimum absolute atomic E-state index is 0.00519. The molecule has 0 bridgehead atoms. The summed E-state index contributed by atoms with van der Waals surface area (Å²) in [5, 5.41) is 10.9. The van der Waals surface area contributed by atoms with Crippen LogP contribution in [0.1, 0.15) is 15.9 Å². The Morgan fingerprint density at radius 3 is 2.58 bits per heavy atom. The van der Waals surface area contributed by atoms with E-state index in [4.69, 9.17) is 0 Å². The Kier molecular flexibility index (Phi) is 3.80. The van der Waals surface area contributed by atoms with Gasteiger partial charge in [0.05, 0.1) is 38.2 Å². The number of nitrogens with zero attached hydrogens (tertiary/aromatic N) is 2. The Hall–Kier alpha value is -1.95. The molecule has 1 heterocycles. The van der Waals surface area contributed by atoms with E-state index in [1.54, 1.807) is 24.0 Å². The van der Waals surface area contributed by atoms with Gasteiger partial charge in [-0.25, -0.2) is 0 Å². The molecule has 1 amide bonds. The van der Waals surface area contributed by atoms with E-state index < -0.39 is 4.92 Å². The first-order valence-electron chi connectivity index (χ1n) is 6.35. The zero-order valence-corrected chi connectivity index (χ0v) is 11.2. The van der Waals surface area contributed by atoms with Crippen LogP contribution in [0.25, 0.3) is 0 Å². The molecule has 0 radical (unpaired) electrons. The summed E-state index contributed by atoms with van der Waals surface area (Å²) in [5.41, 5.74) is 0.892. The summed E-state index contributed by atoms with van der Waals surface area (Å²) in [6.45, 7) is 4.87. The van der Waals surface area contributed by atoms with Crippen LogP contribution >= 0.6 is 0 Å². The molecule has 1 N–H and O–H groups in total. The molecule has 0 aromatic heterocycles. The molecule has 1 aromatic carbocycles. The Balaban J connectivity index is 2.24. The van der Waals surface area contributed by atoms with Crippen LogP contribution in [0, 0.1) is 17.0 Å². The number of quaternary nitrogens is 1. The maximum Gasteiger partial charge on any atom is 0.273 e. The summed E-state index contributed by atoms with van der Waals surface area (Å²) in [6, 6.07) is 4.66. The van der Waals surface area contributed by atoms with Crippen molar-refractivity contribution in [1.82, 2.24) is 4.90 Å². The zero-order chi connectivity index (χ0) is 14.0. The predicted molar refractivity (Wildman–Crippen MR) is 70.4 cm³/mol. The molecular weight excluding hydrogens is 246 g/mol. The number of hydrogen-bond acceptors (Lipinski definition) is 3. The van der Waals surface area contributed by atoms with Crippen LogP contribution in [-0.4, -0.2) is 49.0 Å². The summed E-state index contributed by atoms with van der Waals surface area (Å²) in [4.78, 5) is 26.0. The number of rotatable bonds is 2. The monoisotopic (exact) mass is 264 g/mol. The number of carbonyl (C=O) groups excluding carboxylic acids is 1. The minimum atomic E-state index is -0.444. The molecule has 2 rings (SSSR count). The summed E-state index contributed by atoms with van der Waals surface area (Å²) in [5.74, 6) is -0.103. The average Bonchev–Trinajstić information content (AvgIpc) is 2.38. The van der Waals surface area contributed by atoms with Crippen molar-refractivity contribution >= 4 is 11.6 Å². The van der Waals surface area contributed by atoms with Gasteiger partial charge in [-0.2, -0.15) is 0 Å². The molecule has 0 saturated carbocycles. The third kappa shape index (κ3) is 2.73. The van der Waals surface area contributed by atoms with Gasteiger partial charge in [0.2, 0.25) is 0 Å². The first-order chi connectivity index (χ1) is 9.00. The molecule has 0 aliphatic carbocycles. The fraction of sp³-hybridized carbons (Fsp3) is 0.462. The van der Waals surface area contributed by atoms with Crippen molar-refractivity contribution in [2.45, 2.75) is 6.92 Å². The Morgan fingerprint density at radius 2 is 2.00 bits per heavy atom. The molecular formula is C13H18N3O3+. The van der Waals surface area contributed by atoms with Crippen molar-refractivity contribution in [1.29, 1.82) is 0 Å². The number of likely N-dealkylation sites (N-methyl/N-ethyl adjacent to an activating group) is 1. The Labute approximate surface area is 111 Å². The van der Waals surface area contributed by atoms with E-state index in [1.807, 2.05) is 0 Å². The number of nitro groups is 1. The van der Waals surface area contributed by atoms with Crippen LogP contribution < -0.4 is 4.90 Å². The number of amides is 1. The summed E-state index contributed by atoms with van der Waals surface area (Å²) in [7, 11) is 2.10. The SMILES string of the molecule is Cc1c(C(=O)N2CC[NH+](C)CC2)cccc1[N+](=O)[O-]. The van der Waals surface area contributed by atoms with Crippen molar-refractivity contribution in [3.05, 3.63) is 39.4 Å². The second-order valence-electron chi connectivity index (χ2n) is 4.96. The van der Waals surface area contributed by atoms with Crippen molar-refractivity contribution < 1.29 is 14.6 Å². The van der Waals surface area contributed by atoms with Crippen molar-refractivity contribution in [3.8, 4) is 0 Å². The molecule has 6 nitrogen and oxygen atoms in total. The normalized spacial score (nSPS) is 16.4. The van der Waals surface area contributed by atoms with Gasteiger partial charge in [-0.1, -0.05) is 6.07 Å². The molecule has 1 saturated heterocycles. The highest BCUT2D eigenvalue weighted by Crippen LogP contribution is 2.22. The van der Waals surface area contributed by atoms with Crippen LogP contribution in [0.2, 0.25) is 0 Å². The Bertz CT molecular complexity index is 508. The fourth-order valence-electron chi connectivity index (χ4n) is 2.31. The molecule has 0 spiro atoms. The zero-order valence-electron chi connectivity index (χ0n) is 11.2. The van der Waals surface area contributed by atoms with Gasteiger partial charge in [0.1, 0.15) is 0 Å². The topological polar surface area (TPSA) is 67.9 Å². The van der Waals surface area contributed by atoms with Crippen LogP contribution in [0.15, 0.2) is 18.2 Å². The highest BCUT2D eigenvalue weighted by molar-refractivity contribution is 5.96. The lowest BCUT2D eigenvalue weighted by atomic mass is 10.1. The maximum absolute atomic E-state index is 12.4. The van der Waals surface area contributed by atoms with Gasteiger partial charge in [-0.3, -0.25) is 14.9 Å². The molecule has 1 fully saturated rings. The van der Waals surface area contributed by atoms with Crippen LogP contribution in [0.3, 0.4) is 0 Å². The third-order valence-electron chi connectivity index (χ3n) is 3.64. The number of benzene rings is 1. The van der Waals surface area contributed by atoms with Crippen LogP contribution in [0.4, 0.5) is 5.69 Å². The van der Waals surface area contributed by atoms with Crippen molar-refractivity contribution in [2.24, 2.45) is 0 Å². The van der Waals surface area contributed by atoms with Gasteiger partial charge in [-0.05, 0) is 13.0 Å². The lowest BCUT2D eigenvalue weighted by Crippen LogP contribution is -3.12. The smallest absolute Gasteiger partial charge is 0.273 e. The Morgan fingerprint density at radius 1 is 1.37 bits per heavy atom. The van der Waals surface area contributed by atoms with E-state index in [1.165, 1.54) is 11.0 Å². The number of carbonyl (C=O) groups is 1. The standard InChI is InChI=1S/C13H17N3O3/c1-10-11(4-3-5-12(10)16(18)19)13(17)15-8-6-14(2)7-9-15/h3-5H,6-9H2,1-2H3/p+1. The molecule has 1 aromatic rings. The minimum Gasteiger partial charge on any atom is -0.334 e. The van der Waals surface area contributed by atoms with Gasteiger partial charge >= 0.3 is 0 Å². The quantitative estimate of drug-likeness (QED) is 0.598. The highest BCUT2D eigenvalue weighted by Gasteiger charge is 2.25. The third-order valence-corrected chi connectivity index (χ3v) is 3.64. The van der Waals surface area contributed by atoms with Gasteiger partial charge in [0, 0.05) is 17.2 Å². The number of piperazine rings is 1. The predicted octanol–water partition coefficient (Wildman–Crippen LogP) is -0.126. The number of hydrogen-bond donors (Lipinski definition) is 1. The van der Waals surface area contributed by atoms with Gasteiger partial charge < -0.3 is 9.80 Å². The fourth-order valence-corrected chi connectivity index (χ4v) is 2.31. The van der Waals surface area contributed by atoms with Gasteiger partial charge in [-0.15, -0.1) is 0 Å². The first-order valence-corrected chi connectivity index (χ1v) is 6.35.